The molecule has 4 nitrogen and oxygen atoms in total. The number of aliphatic hydroxyl groups excluding tert-OH is 1. The van der Waals surface area contributed by atoms with Gasteiger partial charge in [-0.05, 0) is 12.5 Å². The monoisotopic (exact) mass is 230 g/mol. The number of aromatic nitrogens is 1. The first-order valence-electron chi connectivity index (χ1n) is 4.73. The highest BCUT2D eigenvalue weighted by molar-refractivity contribution is 6.33. The number of pyridine rings is 1. The quantitative estimate of drug-likeness (QED) is 0.779. The number of hydrogen-bond acceptors (Lipinski definition) is 4. The zero-order chi connectivity index (χ0) is 11.1. The molecule has 0 aliphatic heterocycles. The third-order valence-corrected chi connectivity index (χ3v) is 2.28. The van der Waals surface area contributed by atoms with Crippen LogP contribution in [0, 0.1) is 0 Å². The molecule has 5 heteroatoms. The third-order valence-electron chi connectivity index (χ3n) is 1.98. The summed E-state index contributed by atoms with van der Waals surface area (Å²) in [5, 5.41) is 12.6. The molecule has 1 aromatic rings. The summed E-state index contributed by atoms with van der Waals surface area (Å²) in [6.07, 6.45) is 3.86. The molecule has 0 aromatic carbocycles. The molecule has 0 aliphatic rings. The van der Waals surface area contributed by atoms with Crippen LogP contribution in [0.1, 0.15) is 6.42 Å². The highest BCUT2D eigenvalue weighted by Gasteiger charge is 2.09. The second-order valence-corrected chi connectivity index (χ2v) is 3.57. The molecule has 84 valence electrons. The van der Waals surface area contributed by atoms with Gasteiger partial charge in [-0.3, -0.25) is 4.98 Å². The van der Waals surface area contributed by atoms with Gasteiger partial charge in [0.05, 0.1) is 23.4 Å². The van der Waals surface area contributed by atoms with Crippen molar-refractivity contribution in [3.63, 3.8) is 0 Å². The Morgan fingerprint density at radius 1 is 1.67 bits per heavy atom. The van der Waals surface area contributed by atoms with Gasteiger partial charge in [0.1, 0.15) is 0 Å². The van der Waals surface area contributed by atoms with E-state index in [4.69, 9.17) is 21.4 Å². The first-order chi connectivity index (χ1) is 7.27. The van der Waals surface area contributed by atoms with Gasteiger partial charge in [0.25, 0.3) is 0 Å². The molecule has 0 amide bonds. The van der Waals surface area contributed by atoms with Gasteiger partial charge in [-0.2, -0.15) is 0 Å². The highest BCUT2D eigenvalue weighted by Crippen LogP contribution is 2.20. The Labute approximate surface area is 94.2 Å². The Balaban J connectivity index is 2.60. The molecule has 1 rings (SSSR count). The van der Waals surface area contributed by atoms with Crippen LogP contribution in [0.4, 0.5) is 5.69 Å². The number of hydrogen-bond donors (Lipinski definition) is 2. The second kappa shape index (κ2) is 6.61. The third kappa shape index (κ3) is 4.03. The molecule has 1 atom stereocenters. The van der Waals surface area contributed by atoms with Crippen molar-refractivity contribution in [3.05, 3.63) is 23.5 Å². The van der Waals surface area contributed by atoms with Crippen molar-refractivity contribution in [1.82, 2.24) is 4.98 Å². The number of aliphatic hydroxyl groups is 1. The van der Waals surface area contributed by atoms with Gasteiger partial charge in [-0.25, -0.2) is 0 Å². The van der Waals surface area contributed by atoms with Crippen LogP contribution in [0.15, 0.2) is 18.5 Å². The molecule has 1 heterocycles. The predicted octanol–water partition coefficient (Wildman–Crippen LogP) is 1.54. The lowest BCUT2D eigenvalue weighted by molar-refractivity contribution is 0.170. The van der Waals surface area contributed by atoms with E-state index in [2.05, 4.69) is 10.3 Å². The minimum absolute atomic E-state index is 0.0555. The van der Waals surface area contributed by atoms with Gasteiger partial charge < -0.3 is 15.2 Å². The standard InChI is InChI=1S/C10H15ClN2O2/c1-15-7-8(3-5-14)13-10-2-4-12-6-9(10)11/h2,4,6,8,14H,3,5,7H2,1H3,(H,12,13). The molecule has 2 N–H and O–H groups in total. The van der Waals surface area contributed by atoms with Gasteiger partial charge >= 0.3 is 0 Å². The van der Waals surface area contributed by atoms with Crippen molar-refractivity contribution in [2.45, 2.75) is 12.5 Å². The van der Waals surface area contributed by atoms with Crippen LogP contribution in [0.25, 0.3) is 0 Å². The number of anilines is 1. The van der Waals surface area contributed by atoms with Gasteiger partial charge in [-0.1, -0.05) is 11.6 Å². The van der Waals surface area contributed by atoms with E-state index in [9.17, 15) is 0 Å². The van der Waals surface area contributed by atoms with Crippen LogP contribution in [0.3, 0.4) is 0 Å². The maximum absolute atomic E-state index is 8.87. The molecule has 0 saturated carbocycles. The normalized spacial score (nSPS) is 12.5. The molecule has 0 radical (unpaired) electrons. The van der Waals surface area contributed by atoms with E-state index < -0.39 is 0 Å². The lowest BCUT2D eigenvalue weighted by Crippen LogP contribution is -2.26. The Bertz CT molecular complexity index is 291. The smallest absolute Gasteiger partial charge is 0.0820 e. The lowest BCUT2D eigenvalue weighted by Gasteiger charge is -2.18. The summed E-state index contributed by atoms with van der Waals surface area (Å²) in [6, 6.07) is 1.85. The lowest BCUT2D eigenvalue weighted by atomic mass is 10.2. The summed E-state index contributed by atoms with van der Waals surface area (Å²) in [5.74, 6) is 0. The average Bonchev–Trinajstić information content (AvgIpc) is 2.22. The fourth-order valence-electron chi connectivity index (χ4n) is 1.27. The second-order valence-electron chi connectivity index (χ2n) is 3.16. The minimum Gasteiger partial charge on any atom is -0.396 e. The van der Waals surface area contributed by atoms with Crippen molar-refractivity contribution in [1.29, 1.82) is 0 Å². The van der Waals surface area contributed by atoms with Crippen LogP contribution < -0.4 is 5.32 Å². The van der Waals surface area contributed by atoms with Crippen molar-refractivity contribution in [3.8, 4) is 0 Å². The van der Waals surface area contributed by atoms with Crippen LogP contribution >= 0.6 is 11.6 Å². The Morgan fingerprint density at radius 3 is 3.07 bits per heavy atom. The predicted molar refractivity (Wildman–Crippen MR) is 60.2 cm³/mol. The summed E-state index contributed by atoms with van der Waals surface area (Å²) >= 11 is 5.94. The van der Waals surface area contributed by atoms with Gasteiger partial charge in [0, 0.05) is 26.1 Å². The molecule has 15 heavy (non-hydrogen) atoms. The van der Waals surface area contributed by atoms with Crippen molar-refractivity contribution in [2.75, 3.05) is 25.6 Å². The first kappa shape index (κ1) is 12.2. The number of nitrogens with zero attached hydrogens (tertiary/aromatic N) is 1. The van der Waals surface area contributed by atoms with Crippen LogP contribution in [-0.2, 0) is 4.74 Å². The summed E-state index contributed by atoms with van der Waals surface area (Å²) in [7, 11) is 1.63. The maximum Gasteiger partial charge on any atom is 0.0820 e. The Kier molecular flexibility index (Phi) is 5.39. The Morgan fingerprint density at radius 2 is 2.47 bits per heavy atom. The molecule has 1 aromatic heterocycles. The van der Waals surface area contributed by atoms with E-state index in [1.165, 1.54) is 0 Å². The molecule has 0 aliphatic carbocycles. The fraction of sp³-hybridized carbons (Fsp3) is 0.500. The molecule has 1 unspecified atom stereocenters. The number of ether oxygens (including phenoxy) is 1. The number of halogens is 1. The summed E-state index contributed by atoms with van der Waals surface area (Å²) in [6.45, 7) is 0.642. The summed E-state index contributed by atoms with van der Waals surface area (Å²) in [5.41, 5.74) is 0.808. The zero-order valence-electron chi connectivity index (χ0n) is 8.61. The molecule has 0 fully saturated rings. The van der Waals surface area contributed by atoms with Gasteiger partial charge in [0.15, 0.2) is 0 Å². The molecular formula is C10H15ClN2O2. The summed E-state index contributed by atoms with van der Waals surface area (Å²) in [4.78, 5) is 3.89. The van der Waals surface area contributed by atoms with Crippen molar-refractivity contribution in [2.24, 2.45) is 0 Å². The Hall–Kier alpha value is -0.840. The minimum atomic E-state index is 0.0555. The molecule has 0 saturated heterocycles. The number of rotatable bonds is 6. The van der Waals surface area contributed by atoms with E-state index in [1.807, 2.05) is 0 Å². The summed E-state index contributed by atoms with van der Waals surface area (Å²) < 4.78 is 5.04. The number of nitrogens with one attached hydrogen (secondary N) is 1. The fourth-order valence-corrected chi connectivity index (χ4v) is 1.44. The van der Waals surface area contributed by atoms with Crippen molar-refractivity contribution < 1.29 is 9.84 Å². The topological polar surface area (TPSA) is 54.4 Å². The van der Waals surface area contributed by atoms with Gasteiger partial charge in [-0.15, -0.1) is 0 Å². The van der Waals surface area contributed by atoms with Crippen LogP contribution in [0.5, 0.6) is 0 Å². The maximum atomic E-state index is 8.87. The first-order valence-corrected chi connectivity index (χ1v) is 5.11. The van der Waals surface area contributed by atoms with E-state index in [0.29, 0.717) is 18.1 Å². The van der Waals surface area contributed by atoms with Crippen molar-refractivity contribution >= 4 is 17.3 Å². The average molecular weight is 231 g/mol. The van der Waals surface area contributed by atoms with Gasteiger partial charge in [0.2, 0.25) is 0 Å². The van der Waals surface area contributed by atoms with Crippen LogP contribution in [0.2, 0.25) is 5.02 Å². The van der Waals surface area contributed by atoms with E-state index in [1.54, 1.807) is 25.6 Å². The van der Waals surface area contributed by atoms with Crippen LogP contribution in [-0.4, -0.2) is 36.5 Å². The molecule has 0 bridgehead atoms. The zero-order valence-corrected chi connectivity index (χ0v) is 9.37. The highest BCUT2D eigenvalue weighted by atomic mass is 35.5. The largest absolute Gasteiger partial charge is 0.396 e. The molecule has 0 spiro atoms. The van der Waals surface area contributed by atoms with E-state index in [0.717, 1.165) is 5.69 Å². The molecular weight excluding hydrogens is 216 g/mol. The van der Waals surface area contributed by atoms with E-state index in [-0.39, 0.29) is 12.6 Å². The SMILES string of the molecule is COCC(CCO)Nc1ccncc1Cl. The number of methoxy groups -OCH3 is 1. The van der Waals surface area contributed by atoms with E-state index >= 15 is 0 Å².